The lowest BCUT2D eigenvalue weighted by molar-refractivity contribution is 0.343. The predicted molar refractivity (Wildman–Crippen MR) is 62.5 cm³/mol. The Bertz CT molecular complexity index is 327. The Kier molecular flexibility index (Phi) is 3.32. The van der Waals surface area contributed by atoms with Crippen LogP contribution in [-0.4, -0.2) is 22.9 Å². The molecular formula is C11H18ClN3. The fourth-order valence-electron chi connectivity index (χ4n) is 2.05. The number of piperidine rings is 1. The standard InChI is InChI=1S/C11H18ClN3/c1-8(2)10-7-14-15(11(10)12)9-3-5-13-6-4-9/h7-9,13H,3-6H2,1-2H3. The summed E-state index contributed by atoms with van der Waals surface area (Å²) in [5.41, 5.74) is 1.16. The molecule has 1 N–H and O–H groups in total. The van der Waals surface area contributed by atoms with E-state index in [1.807, 2.05) is 10.9 Å². The molecule has 1 aliphatic heterocycles. The number of nitrogens with one attached hydrogen (secondary N) is 1. The van der Waals surface area contributed by atoms with Gasteiger partial charge in [-0.3, -0.25) is 4.68 Å². The quantitative estimate of drug-likeness (QED) is 0.842. The Morgan fingerprint density at radius 1 is 1.47 bits per heavy atom. The summed E-state index contributed by atoms with van der Waals surface area (Å²) in [4.78, 5) is 0. The summed E-state index contributed by atoms with van der Waals surface area (Å²) in [7, 11) is 0. The molecule has 0 unspecified atom stereocenters. The highest BCUT2D eigenvalue weighted by molar-refractivity contribution is 6.30. The molecule has 2 heterocycles. The number of hydrogen-bond donors (Lipinski definition) is 1. The molecule has 0 bridgehead atoms. The third kappa shape index (κ3) is 2.18. The van der Waals surface area contributed by atoms with E-state index < -0.39 is 0 Å². The average molecular weight is 228 g/mol. The topological polar surface area (TPSA) is 29.9 Å². The lowest BCUT2D eigenvalue weighted by atomic mass is 10.1. The number of hydrogen-bond acceptors (Lipinski definition) is 2. The van der Waals surface area contributed by atoms with Gasteiger partial charge in [-0.1, -0.05) is 25.4 Å². The van der Waals surface area contributed by atoms with Crippen molar-refractivity contribution in [3.8, 4) is 0 Å². The molecule has 1 aromatic heterocycles. The zero-order valence-electron chi connectivity index (χ0n) is 9.33. The smallest absolute Gasteiger partial charge is 0.130 e. The van der Waals surface area contributed by atoms with Crippen molar-refractivity contribution in [3.63, 3.8) is 0 Å². The molecular weight excluding hydrogens is 210 g/mol. The highest BCUT2D eigenvalue weighted by Gasteiger charge is 2.20. The summed E-state index contributed by atoms with van der Waals surface area (Å²) in [6.07, 6.45) is 4.16. The molecule has 3 nitrogen and oxygen atoms in total. The van der Waals surface area contributed by atoms with Crippen LogP contribution >= 0.6 is 11.6 Å². The van der Waals surface area contributed by atoms with Crippen molar-refractivity contribution in [2.24, 2.45) is 0 Å². The molecule has 1 saturated heterocycles. The van der Waals surface area contributed by atoms with Crippen molar-refractivity contribution in [1.82, 2.24) is 15.1 Å². The third-order valence-electron chi connectivity index (χ3n) is 3.04. The van der Waals surface area contributed by atoms with Crippen molar-refractivity contribution < 1.29 is 0 Å². The maximum Gasteiger partial charge on any atom is 0.130 e. The second kappa shape index (κ2) is 4.54. The SMILES string of the molecule is CC(C)c1cnn(C2CCNCC2)c1Cl. The van der Waals surface area contributed by atoms with Crippen LogP contribution in [0.3, 0.4) is 0 Å². The van der Waals surface area contributed by atoms with Gasteiger partial charge in [0.2, 0.25) is 0 Å². The Morgan fingerprint density at radius 3 is 2.67 bits per heavy atom. The highest BCUT2D eigenvalue weighted by atomic mass is 35.5. The lowest BCUT2D eigenvalue weighted by Gasteiger charge is -2.23. The van der Waals surface area contributed by atoms with Crippen molar-refractivity contribution in [1.29, 1.82) is 0 Å². The van der Waals surface area contributed by atoms with Crippen molar-refractivity contribution in [3.05, 3.63) is 16.9 Å². The minimum atomic E-state index is 0.452. The van der Waals surface area contributed by atoms with Crippen molar-refractivity contribution in [2.75, 3.05) is 13.1 Å². The van der Waals surface area contributed by atoms with E-state index in [9.17, 15) is 0 Å². The van der Waals surface area contributed by atoms with E-state index in [-0.39, 0.29) is 0 Å². The molecule has 1 aliphatic rings. The first-order chi connectivity index (χ1) is 7.20. The number of rotatable bonds is 2. The van der Waals surface area contributed by atoms with E-state index in [0.29, 0.717) is 12.0 Å². The summed E-state index contributed by atoms with van der Waals surface area (Å²) < 4.78 is 2.00. The maximum absolute atomic E-state index is 6.33. The maximum atomic E-state index is 6.33. The van der Waals surface area contributed by atoms with Gasteiger partial charge in [-0.15, -0.1) is 0 Å². The molecule has 0 atom stereocenters. The van der Waals surface area contributed by atoms with Crippen LogP contribution < -0.4 is 5.32 Å². The van der Waals surface area contributed by atoms with Gasteiger partial charge in [0.15, 0.2) is 0 Å². The van der Waals surface area contributed by atoms with Crippen LogP contribution in [0.4, 0.5) is 0 Å². The Morgan fingerprint density at radius 2 is 2.13 bits per heavy atom. The van der Waals surface area contributed by atoms with Gasteiger partial charge in [0.05, 0.1) is 12.2 Å². The van der Waals surface area contributed by atoms with E-state index in [0.717, 1.165) is 36.6 Å². The van der Waals surface area contributed by atoms with E-state index in [1.165, 1.54) is 0 Å². The van der Waals surface area contributed by atoms with Crippen LogP contribution in [-0.2, 0) is 0 Å². The third-order valence-corrected chi connectivity index (χ3v) is 3.43. The molecule has 0 saturated carbocycles. The van der Waals surface area contributed by atoms with Crippen LogP contribution in [0.5, 0.6) is 0 Å². The van der Waals surface area contributed by atoms with Crippen LogP contribution in [0.1, 0.15) is 44.2 Å². The summed E-state index contributed by atoms with van der Waals surface area (Å²) in [5.74, 6) is 0.452. The highest BCUT2D eigenvalue weighted by Crippen LogP contribution is 2.29. The van der Waals surface area contributed by atoms with Crippen LogP contribution in [0, 0.1) is 0 Å². The molecule has 0 aromatic carbocycles. The summed E-state index contributed by atoms with van der Waals surface area (Å²) >= 11 is 6.33. The predicted octanol–water partition coefficient (Wildman–Crippen LogP) is 2.58. The summed E-state index contributed by atoms with van der Waals surface area (Å²) in [5, 5.41) is 8.60. The van der Waals surface area contributed by atoms with E-state index in [4.69, 9.17) is 11.6 Å². The lowest BCUT2D eigenvalue weighted by Crippen LogP contribution is -2.29. The van der Waals surface area contributed by atoms with E-state index in [2.05, 4.69) is 24.3 Å². The van der Waals surface area contributed by atoms with Gasteiger partial charge in [-0.25, -0.2) is 0 Å². The van der Waals surface area contributed by atoms with Gasteiger partial charge in [0.25, 0.3) is 0 Å². The molecule has 0 aliphatic carbocycles. The molecule has 1 aromatic rings. The molecule has 0 radical (unpaired) electrons. The first kappa shape index (κ1) is 11.0. The van der Waals surface area contributed by atoms with Crippen LogP contribution in [0.2, 0.25) is 5.15 Å². The zero-order valence-corrected chi connectivity index (χ0v) is 10.1. The van der Waals surface area contributed by atoms with Crippen molar-refractivity contribution >= 4 is 11.6 Å². The van der Waals surface area contributed by atoms with Gasteiger partial charge in [-0.05, 0) is 31.8 Å². The van der Waals surface area contributed by atoms with Gasteiger partial charge >= 0.3 is 0 Å². The molecule has 0 spiro atoms. The average Bonchev–Trinajstić information content (AvgIpc) is 2.61. The van der Waals surface area contributed by atoms with Gasteiger partial charge in [0.1, 0.15) is 5.15 Å². The second-order valence-corrected chi connectivity index (χ2v) is 4.83. The van der Waals surface area contributed by atoms with Gasteiger partial charge in [-0.2, -0.15) is 5.10 Å². The molecule has 2 rings (SSSR count). The number of nitrogens with zero attached hydrogens (tertiary/aromatic N) is 2. The Labute approximate surface area is 95.8 Å². The van der Waals surface area contributed by atoms with Crippen LogP contribution in [0.15, 0.2) is 6.20 Å². The monoisotopic (exact) mass is 227 g/mol. The molecule has 1 fully saturated rings. The fraction of sp³-hybridized carbons (Fsp3) is 0.727. The largest absolute Gasteiger partial charge is 0.317 e. The first-order valence-electron chi connectivity index (χ1n) is 5.63. The second-order valence-electron chi connectivity index (χ2n) is 4.47. The molecule has 0 amide bonds. The minimum Gasteiger partial charge on any atom is -0.317 e. The first-order valence-corrected chi connectivity index (χ1v) is 6.01. The Hall–Kier alpha value is -0.540. The van der Waals surface area contributed by atoms with Gasteiger partial charge in [0, 0.05) is 5.56 Å². The summed E-state index contributed by atoms with van der Waals surface area (Å²) in [6.45, 7) is 6.43. The van der Waals surface area contributed by atoms with E-state index >= 15 is 0 Å². The van der Waals surface area contributed by atoms with E-state index in [1.54, 1.807) is 0 Å². The van der Waals surface area contributed by atoms with Crippen LogP contribution in [0.25, 0.3) is 0 Å². The minimum absolute atomic E-state index is 0.452. The molecule has 4 heteroatoms. The fourth-order valence-corrected chi connectivity index (χ4v) is 2.50. The molecule has 84 valence electrons. The Balaban J connectivity index is 2.20. The number of halogens is 1. The van der Waals surface area contributed by atoms with Gasteiger partial charge < -0.3 is 5.32 Å². The van der Waals surface area contributed by atoms with Crippen molar-refractivity contribution in [2.45, 2.75) is 38.6 Å². The molecule has 15 heavy (non-hydrogen) atoms. The number of aromatic nitrogens is 2. The summed E-state index contributed by atoms with van der Waals surface area (Å²) in [6, 6.07) is 0.478. The normalized spacial score (nSPS) is 18.7. The zero-order chi connectivity index (χ0) is 10.8.